The Balaban J connectivity index is 2.50. The van der Waals surface area contributed by atoms with Crippen molar-refractivity contribution in [3.63, 3.8) is 0 Å². The third-order valence-corrected chi connectivity index (χ3v) is 2.11. The summed E-state index contributed by atoms with van der Waals surface area (Å²) in [5.74, 6) is -0.216. The van der Waals surface area contributed by atoms with Gasteiger partial charge in [-0.05, 0) is 23.8 Å². The van der Waals surface area contributed by atoms with E-state index in [0.717, 1.165) is 11.3 Å². The highest BCUT2D eigenvalue weighted by atomic mass is 16.5. The van der Waals surface area contributed by atoms with Gasteiger partial charge in [-0.1, -0.05) is 24.8 Å². The van der Waals surface area contributed by atoms with Crippen molar-refractivity contribution in [2.45, 2.75) is 0 Å². The number of benzene rings is 1. The number of rotatable bonds is 7. The fraction of sp³-hybridized carbons (Fsp3) is 0.143. The normalized spacial score (nSPS) is 10.1. The lowest BCUT2D eigenvalue weighted by atomic mass is 10.2. The average molecular weight is 260 g/mol. The summed E-state index contributed by atoms with van der Waals surface area (Å²) in [6, 6.07) is 7.22. The van der Waals surface area contributed by atoms with Gasteiger partial charge in [-0.3, -0.25) is 9.59 Å². The van der Waals surface area contributed by atoms with Crippen LogP contribution in [0.25, 0.3) is 6.08 Å². The maximum atomic E-state index is 11.3. The van der Waals surface area contributed by atoms with Crippen LogP contribution in [0.2, 0.25) is 0 Å². The fourth-order valence-electron chi connectivity index (χ4n) is 1.24. The summed E-state index contributed by atoms with van der Waals surface area (Å²) in [5.41, 5.74) is 5.75. The molecule has 0 saturated heterocycles. The van der Waals surface area contributed by atoms with Crippen molar-refractivity contribution in [1.82, 2.24) is 5.32 Å². The molecule has 5 nitrogen and oxygen atoms in total. The van der Waals surface area contributed by atoms with E-state index in [1.807, 2.05) is 12.1 Å². The number of carbonyl (C=O) groups excluding carboxylic acids is 2. The van der Waals surface area contributed by atoms with E-state index in [0.29, 0.717) is 6.61 Å². The Morgan fingerprint density at radius 2 is 2.00 bits per heavy atom. The van der Waals surface area contributed by atoms with E-state index in [2.05, 4.69) is 11.9 Å². The van der Waals surface area contributed by atoms with E-state index in [9.17, 15) is 9.59 Å². The second-order valence-corrected chi connectivity index (χ2v) is 3.69. The second kappa shape index (κ2) is 7.71. The van der Waals surface area contributed by atoms with Crippen molar-refractivity contribution < 1.29 is 14.3 Å². The lowest BCUT2D eigenvalue weighted by molar-refractivity contribution is -0.122. The fourth-order valence-corrected chi connectivity index (χ4v) is 1.24. The molecule has 0 aliphatic carbocycles. The molecule has 0 aliphatic heterocycles. The number of hydrogen-bond acceptors (Lipinski definition) is 3. The van der Waals surface area contributed by atoms with E-state index in [-0.39, 0.29) is 12.5 Å². The van der Waals surface area contributed by atoms with E-state index >= 15 is 0 Å². The zero-order valence-electron chi connectivity index (χ0n) is 10.5. The van der Waals surface area contributed by atoms with Gasteiger partial charge in [0.05, 0.1) is 6.54 Å². The first-order valence-corrected chi connectivity index (χ1v) is 5.70. The molecule has 0 fully saturated rings. The molecule has 1 aromatic carbocycles. The highest BCUT2D eigenvalue weighted by Crippen LogP contribution is 2.13. The molecule has 1 aromatic rings. The van der Waals surface area contributed by atoms with E-state index in [1.54, 1.807) is 24.3 Å². The summed E-state index contributed by atoms with van der Waals surface area (Å²) in [4.78, 5) is 21.8. The largest absolute Gasteiger partial charge is 0.490 e. The van der Waals surface area contributed by atoms with Crippen LogP contribution in [0.5, 0.6) is 5.75 Å². The van der Waals surface area contributed by atoms with Crippen molar-refractivity contribution in [3.05, 3.63) is 48.6 Å². The van der Waals surface area contributed by atoms with Crippen LogP contribution in [0.1, 0.15) is 5.56 Å². The van der Waals surface area contributed by atoms with Crippen LogP contribution in [0.4, 0.5) is 0 Å². The van der Waals surface area contributed by atoms with Crippen LogP contribution >= 0.6 is 0 Å². The molecule has 0 aliphatic rings. The third-order valence-electron chi connectivity index (χ3n) is 2.11. The summed E-state index contributed by atoms with van der Waals surface area (Å²) in [7, 11) is 0. The Bertz CT molecular complexity index is 478. The monoisotopic (exact) mass is 260 g/mol. The molecule has 0 radical (unpaired) electrons. The molecule has 2 amide bonds. The van der Waals surface area contributed by atoms with Crippen LogP contribution < -0.4 is 15.8 Å². The molecular formula is C14H16N2O3. The van der Waals surface area contributed by atoms with Crippen LogP contribution in [0.15, 0.2) is 43.0 Å². The van der Waals surface area contributed by atoms with E-state index in [4.69, 9.17) is 10.5 Å². The Hall–Kier alpha value is -2.56. The predicted octanol–water partition coefficient (Wildman–Crippen LogP) is 0.866. The summed E-state index contributed by atoms with van der Waals surface area (Å²) in [6.45, 7) is 3.84. The highest BCUT2D eigenvalue weighted by molar-refractivity contribution is 5.94. The second-order valence-electron chi connectivity index (χ2n) is 3.69. The number of ether oxygens (including phenoxy) is 1. The van der Waals surface area contributed by atoms with Crippen molar-refractivity contribution in [2.24, 2.45) is 5.73 Å². The molecule has 100 valence electrons. The molecule has 1 rings (SSSR count). The Labute approximate surface area is 111 Å². The lowest BCUT2D eigenvalue weighted by Crippen LogP contribution is -2.32. The van der Waals surface area contributed by atoms with Gasteiger partial charge in [0.1, 0.15) is 12.4 Å². The van der Waals surface area contributed by atoms with Gasteiger partial charge in [0, 0.05) is 6.08 Å². The topological polar surface area (TPSA) is 81.4 Å². The summed E-state index contributed by atoms with van der Waals surface area (Å²) >= 11 is 0. The molecule has 5 heteroatoms. The maximum absolute atomic E-state index is 11.3. The number of nitrogens with two attached hydrogens (primary N) is 1. The zero-order chi connectivity index (χ0) is 14.1. The number of primary amides is 1. The Morgan fingerprint density at radius 1 is 1.32 bits per heavy atom. The van der Waals surface area contributed by atoms with Crippen LogP contribution in [-0.2, 0) is 9.59 Å². The Morgan fingerprint density at radius 3 is 2.58 bits per heavy atom. The third kappa shape index (κ3) is 6.07. The minimum atomic E-state index is -0.578. The molecule has 0 saturated carbocycles. The first kappa shape index (κ1) is 14.5. The molecule has 0 aromatic heterocycles. The van der Waals surface area contributed by atoms with Crippen molar-refractivity contribution in [3.8, 4) is 5.75 Å². The first-order chi connectivity index (χ1) is 9.11. The summed E-state index contributed by atoms with van der Waals surface area (Å²) in [5, 5.41) is 2.36. The first-order valence-electron chi connectivity index (χ1n) is 5.70. The average Bonchev–Trinajstić information content (AvgIpc) is 2.41. The Kier molecular flexibility index (Phi) is 5.88. The van der Waals surface area contributed by atoms with Crippen LogP contribution in [0.3, 0.4) is 0 Å². The van der Waals surface area contributed by atoms with Crippen molar-refractivity contribution >= 4 is 17.9 Å². The van der Waals surface area contributed by atoms with Gasteiger partial charge in [0.2, 0.25) is 11.8 Å². The molecule has 3 N–H and O–H groups in total. The molecular weight excluding hydrogens is 244 g/mol. The summed E-state index contributed by atoms with van der Waals surface area (Å²) < 4.78 is 5.33. The molecule has 0 unspecified atom stereocenters. The minimum absolute atomic E-state index is 0.169. The highest BCUT2D eigenvalue weighted by Gasteiger charge is 1.98. The molecule has 19 heavy (non-hydrogen) atoms. The maximum Gasteiger partial charge on any atom is 0.244 e. The number of hydrogen-bond donors (Lipinski definition) is 2. The van der Waals surface area contributed by atoms with E-state index < -0.39 is 5.91 Å². The van der Waals surface area contributed by atoms with Crippen molar-refractivity contribution in [2.75, 3.05) is 13.2 Å². The van der Waals surface area contributed by atoms with Gasteiger partial charge >= 0.3 is 0 Å². The van der Waals surface area contributed by atoms with Crippen molar-refractivity contribution in [1.29, 1.82) is 0 Å². The van der Waals surface area contributed by atoms with Crippen LogP contribution in [-0.4, -0.2) is 25.0 Å². The van der Waals surface area contributed by atoms with Gasteiger partial charge in [0.25, 0.3) is 0 Å². The van der Waals surface area contributed by atoms with Gasteiger partial charge in [-0.15, -0.1) is 0 Å². The smallest absolute Gasteiger partial charge is 0.244 e. The summed E-state index contributed by atoms with van der Waals surface area (Å²) in [6.07, 6.45) is 4.63. The van der Waals surface area contributed by atoms with Crippen LogP contribution in [0, 0.1) is 0 Å². The zero-order valence-corrected chi connectivity index (χ0v) is 10.5. The van der Waals surface area contributed by atoms with Gasteiger partial charge in [-0.25, -0.2) is 0 Å². The minimum Gasteiger partial charge on any atom is -0.490 e. The molecule has 0 bridgehead atoms. The molecule has 0 spiro atoms. The van der Waals surface area contributed by atoms with Gasteiger partial charge < -0.3 is 15.8 Å². The van der Waals surface area contributed by atoms with Gasteiger partial charge in [-0.2, -0.15) is 0 Å². The number of nitrogens with one attached hydrogen (secondary N) is 1. The molecule has 0 heterocycles. The molecule has 0 atom stereocenters. The number of amides is 2. The van der Waals surface area contributed by atoms with E-state index in [1.165, 1.54) is 6.08 Å². The number of carbonyl (C=O) groups is 2. The standard InChI is InChI=1S/C14H16N2O3/c1-2-9-19-12-6-3-11(4-7-12)5-8-14(18)16-10-13(15)17/h2-8H,1,9-10H2,(H2,15,17)(H,16,18)/b8-5+. The predicted molar refractivity (Wildman–Crippen MR) is 73.4 cm³/mol. The SMILES string of the molecule is C=CCOc1ccc(/C=C/C(=O)NCC(N)=O)cc1. The lowest BCUT2D eigenvalue weighted by Gasteiger charge is -2.02. The van der Waals surface area contributed by atoms with Gasteiger partial charge in [0.15, 0.2) is 0 Å². The quantitative estimate of drug-likeness (QED) is 0.563.